The van der Waals surface area contributed by atoms with Crippen LogP contribution in [0, 0.1) is 3.57 Å². The molecule has 3 nitrogen and oxygen atoms in total. The van der Waals surface area contributed by atoms with E-state index in [9.17, 15) is 4.79 Å². The summed E-state index contributed by atoms with van der Waals surface area (Å²) >= 11 is 5.62. The number of carbonyl (C=O) groups excluding carboxylic acids is 1. The molecule has 0 fully saturated rings. The van der Waals surface area contributed by atoms with Gasteiger partial charge in [0.25, 0.3) is 0 Å². The van der Waals surface area contributed by atoms with Crippen LogP contribution in [0.5, 0.6) is 5.75 Å². The SMILES string of the molecule is COCCOc1ccccc1C(=O)c1cc(I)ccc1Br. The summed E-state index contributed by atoms with van der Waals surface area (Å²) in [5.74, 6) is 0.513. The Morgan fingerprint density at radius 3 is 2.67 bits per heavy atom. The maximum absolute atomic E-state index is 12.7. The Kier molecular flexibility index (Phi) is 6.20. The number of methoxy groups -OCH3 is 1. The van der Waals surface area contributed by atoms with Crippen LogP contribution in [0.3, 0.4) is 0 Å². The van der Waals surface area contributed by atoms with Gasteiger partial charge in [0, 0.05) is 20.7 Å². The predicted molar refractivity (Wildman–Crippen MR) is 94.1 cm³/mol. The molecule has 0 aliphatic heterocycles. The van der Waals surface area contributed by atoms with Crippen molar-refractivity contribution in [3.8, 4) is 5.75 Å². The minimum Gasteiger partial charge on any atom is -0.490 e. The molecule has 0 aliphatic rings. The zero-order chi connectivity index (χ0) is 15.2. The molecule has 2 rings (SSSR count). The van der Waals surface area contributed by atoms with Crippen molar-refractivity contribution in [1.82, 2.24) is 0 Å². The van der Waals surface area contributed by atoms with Gasteiger partial charge in [0.2, 0.25) is 0 Å². The second-order valence-corrected chi connectivity index (χ2v) is 6.39. The van der Waals surface area contributed by atoms with E-state index < -0.39 is 0 Å². The minimum absolute atomic E-state index is 0.0617. The van der Waals surface area contributed by atoms with Gasteiger partial charge in [-0.2, -0.15) is 0 Å². The minimum atomic E-state index is -0.0617. The van der Waals surface area contributed by atoms with Crippen LogP contribution in [0.25, 0.3) is 0 Å². The number of ether oxygens (including phenoxy) is 2. The average Bonchev–Trinajstić information content (AvgIpc) is 2.50. The van der Waals surface area contributed by atoms with Gasteiger partial charge in [-0.3, -0.25) is 4.79 Å². The third-order valence-electron chi connectivity index (χ3n) is 2.85. The van der Waals surface area contributed by atoms with E-state index >= 15 is 0 Å². The maximum atomic E-state index is 12.7. The summed E-state index contributed by atoms with van der Waals surface area (Å²) < 4.78 is 12.4. The Labute approximate surface area is 145 Å². The molecule has 2 aromatic rings. The van der Waals surface area contributed by atoms with Crippen molar-refractivity contribution in [3.63, 3.8) is 0 Å². The highest BCUT2D eigenvalue weighted by Crippen LogP contribution is 2.26. The Hall–Kier alpha value is -0.920. The van der Waals surface area contributed by atoms with Gasteiger partial charge in [0.1, 0.15) is 12.4 Å². The van der Waals surface area contributed by atoms with Crippen molar-refractivity contribution < 1.29 is 14.3 Å². The van der Waals surface area contributed by atoms with E-state index in [2.05, 4.69) is 38.5 Å². The molecule has 0 atom stereocenters. The number of ketones is 1. The molecule has 0 N–H and O–H groups in total. The highest BCUT2D eigenvalue weighted by molar-refractivity contribution is 14.1. The van der Waals surface area contributed by atoms with Crippen molar-refractivity contribution in [2.75, 3.05) is 20.3 Å². The van der Waals surface area contributed by atoms with Gasteiger partial charge in [-0.25, -0.2) is 0 Å². The van der Waals surface area contributed by atoms with Gasteiger partial charge in [0.15, 0.2) is 5.78 Å². The van der Waals surface area contributed by atoms with Gasteiger partial charge in [-0.1, -0.05) is 28.1 Å². The van der Waals surface area contributed by atoms with Crippen LogP contribution in [0.2, 0.25) is 0 Å². The lowest BCUT2D eigenvalue weighted by molar-refractivity contribution is 0.103. The molecule has 0 aliphatic carbocycles. The molecular weight excluding hydrogens is 447 g/mol. The topological polar surface area (TPSA) is 35.5 Å². The molecular formula is C16H14BrIO3. The zero-order valence-electron chi connectivity index (χ0n) is 11.4. The summed E-state index contributed by atoms with van der Waals surface area (Å²) in [4.78, 5) is 12.7. The maximum Gasteiger partial charge on any atom is 0.197 e. The van der Waals surface area contributed by atoms with Crippen LogP contribution in [0.4, 0.5) is 0 Å². The third kappa shape index (κ3) is 4.28. The number of halogens is 2. The Bertz CT molecular complexity index is 643. The Morgan fingerprint density at radius 1 is 1.14 bits per heavy atom. The molecule has 0 amide bonds. The van der Waals surface area contributed by atoms with Gasteiger partial charge < -0.3 is 9.47 Å². The molecule has 110 valence electrons. The normalized spacial score (nSPS) is 10.4. The zero-order valence-corrected chi connectivity index (χ0v) is 15.2. The molecule has 0 saturated heterocycles. The van der Waals surface area contributed by atoms with E-state index in [4.69, 9.17) is 9.47 Å². The fraction of sp³-hybridized carbons (Fsp3) is 0.188. The first-order valence-corrected chi connectivity index (χ1v) is 8.21. The summed E-state index contributed by atoms with van der Waals surface area (Å²) in [5, 5.41) is 0. The summed E-state index contributed by atoms with van der Waals surface area (Å²) in [6.07, 6.45) is 0. The van der Waals surface area contributed by atoms with E-state index in [1.807, 2.05) is 30.3 Å². The van der Waals surface area contributed by atoms with E-state index in [1.165, 1.54) is 0 Å². The van der Waals surface area contributed by atoms with Crippen LogP contribution in [0.15, 0.2) is 46.9 Å². The third-order valence-corrected chi connectivity index (χ3v) is 4.21. The summed E-state index contributed by atoms with van der Waals surface area (Å²) in [5.41, 5.74) is 1.18. The van der Waals surface area contributed by atoms with E-state index in [0.717, 1.165) is 8.04 Å². The van der Waals surface area contributed by atoms with Gasteiger partial charge in [0.05, 0.1) is 12.2 Å². The van der Waals surface area contributed by atoms with Crippen LogP contribution < -0.4 is 4.74 Å². The standard InChI is InChI=1S/C16H14BrIO3/c1-20-8-9-21-15-5-3-2-4-12(15)16(19)13-10-11(18)6-7-14(13)17/h2-7,10H,8-9H2,1H3. The number of carbonyl (C=O) groups is 1. The quantitative estimate of drug-likeness (QED) is 0.366. The number of hydrogen-bond donors (Lipinski definition) is 0. The monoisotopic (exact) mass is 460 g/mol. The molecule has 0 unspecified atom stereocenters. The summed E-state index contributed by atoms with van der Waals surface area (Å²) in [6, 6.07) is 12.9. The van der Waals surface area contributed by atoms with Crippen molar-refractivity contribution >= 4 is 44.3 Å². The summed E-state index contributed by atoms with van der Waals surface area (Å²) in [7, 11) is 1.61. The van der Waals surface area contributed by atoms with Crippen LogP contribution in [-0.4, -0.2) is 26.1 Å². The van der Waals surface area contributed by atoms with Gasteiger partial charge >= 0.3 is 0 Å². The lowest BCUT2D eigenvalue weighted by Gasteiger charge is -2.11. The Balaban J connectivity index is 2.32. The molecule has 2 aromatic carbocycles. The molecule has 0 radical (unpaired) electrons. The van der Waals surface area contributed by atoms with Crippen LogP contribution in [-0.2, 0) is 4.74 Å². The lowest BCUT2D eigenvalue weighted by atomic mass is 10.0. The molecule has 0 aromatic heterocycles. The molecule has 0 heterocycles. The Morgan fingerprint density at radius 2 is 1.90 bits per heavy atom. The highest BCUT2D eigenvalue weighted by Gasteiger charge is 2.17. The van der Waals surface area contributed by atoms with E-state index in [1.54, 1.807) is 19.2 Å². The average molecular weight is 461 g/mol. The first-order valence-electron chi connectivity index (χ1n) is 6.34. The molecule has 0 bridgehead atoms. The number of rotatable bonds is 6. The van der Waals surface area contributed by atoms with Crippen molar-refractivity contribution in [3.05, 3.63) is 61.6 Å². The first-order chi connectivity index (χ1) is 10.1. The largest absolute Gasteiger partial charge is 0.490 e. The second-order valence-electron chi connectivity index (χ2n) is 4.29. The molecule has 0 spiro atoms. The van der Waals surface area contributed by atoms with Crippen molar-refractivity contribution in [1.29, 1.82) is 0 Å². The first kappa shape index (κ1) is 16.5. The fourth-order valence-corrected chi connectivity index (χ4v) is 2.75. The number of para-hydroxylation sites is 1. The highest BCUT2D eigenvalue weighted by atomic mass is 127. The molecule has 21 heavy (non-hydrogen) atoms. The predicted octanol–water partition coefficient (Wildman–Crippen LogP) is 4.31. The van der Waals surface area contributed by atoms with E-state index in [0.29, 0.717) is 30.1 Å². The van der Waals surface area contributed by atoms with Crippen LogP contribution in [0.1, 0.15) is 15.9 Å². The number of benzene rings is 2. The van der Waals surface area contributed by atoms with Crippen molar-refractivity contribution in [2.24, 2.45) is 0 Å². The molecule has 0 saturated carbocycles. The summed E-state index contributed by atoms with van der Waals surface area (Å²) in [6.45, 7) is 0.893. The van der Waals surface area contributed by atoms with Gasteiger partial charge in [-0.05, 0) is 52.9 Å². The smallest absolute Gasteiger partial charge is 0.197 e. The van der Waals surface area contributed by atoms with Crippen molar-refractivity contribution in [2.45, 2.75) is 0 Å². The second kappa shape index (κ2) is 7.91. The van der Waals surface area contributed by atoms with E-state index in [-0.39, 0.29) is 5.78 Å². The molecule has 5 heteroatoms. The van der Waals surface area contributed by atoms with Crippen LogP contribution >= 0.6 is 38.5 Å². The van der Waals surface area contributed by atoms with Gasteiger partial charge in [-0.15, -0.1) is 0 Å². The number of hydrogen-bond acceptors (Lipinski definition) is 3. The fourth-order valence-electron chi connectivity index (χ4n) is 1.83. The lowest BCUT2D eigenvalue weighted by Crippen LogP contribution is -2.09.